The number of nitrogen functional groups attached to an aromatic ring is 2. The highest BCUT2D eigenvalue weighted by molar-refractivity contribution is 8.55. The Morgan fingerprint density at radius 2 is 1.53 bits per heavy atom. The Morgan fingerprint density at radius 3 is 2.15 bits per heavy atom. The van der Waals surface area contributed by atoms with Crippen LogP contribution in [0.1, 0.15) is 58.8 Å². The average Bonchev–Trinajstić information content (AvgIpc) is 3.94. The number of hydrogen-bond donors (Lipinski definition) is 3. The molecular formula is C33H44FN9O14P2S3. The second-order valence-corrected chi connectivity index (χ2v) is 24.8. The number of methoxy groups -OCH3 is 1. The predicted molar refractivity (Wildman–Crippen MR) is 223 cm³/mol. The molecule has 4 aromatic rings. The number of alkyl halides is 1. The number of fused-ring (bicyclic) bond motifs is 5. The Kier molecular flexibility index (Phi) is 13.5. The zero-order chi connectivity index (χ0) is 44.9. The van der Waals surface area contributed by atoms with Crippen LogP contribution in [-0.4, -0.2) is 126 Å². The Hall–Kier alpha value is -3.33. The van der Waals surface area contributed by atoms with E-state index in [9.17, 15) is 18.9 Å². The molecule has 0 spiro atoms. The molecule has 10 atom stereocenters. The summed E-state index contributed by atoms with van der Waals surface area (Å²) in [5, 5.41) is 0. The Balaban J connectivity index is 1.30. The van der Waals surface area contributed by atoms with Gasteiger partial charge in [-0.15, -0.1) is 0 Å². The van der Waals surface area contributed by atoms with Gasteiger partial charge in [0.05, 0.1) is 24.4 Å². The van der Waals surface area contributed by atoms with Gasteiger partial charge in [-0.05, 0) is 75.8 Å². The van der Waals surface area contributed by atoms with Crippen molar-refractivity contribution in [2.75, 3.05) is 43.3 Å². The molecule has 4 aromatic heterocycles. The Bertz CT molecular complexity index is 2480. The maximum Gasteiger partial charge on any atom is 0.390 e. The standard InChI is InChI=1S/C33H44FN9O14P2S3/c1-32(2,3)54-16(44)10-60-58(47)51-9-15-23(49-7)24(25(52-15)26-19-20(42-62-26)29(46)41-31(36)40-19)57-59(48,61-11-17(45)55-33(4,5)6)50-8-14-22(56-58)18(34)30(53-14)43-13-39-21-27(35)37-12-38-28(21)43/h12-15,18,22-25,30H,8-11H2,1-7H3,(H2,35,37,38)(H3,36,40,41,46)/t14-,15-,18-,22-,23-,24-,25-,30-,58-,59+/m1/s1. The molecule has 5 N–H and O–H groups in total. The van der Waals surface area contributed by atoms with E-state index in [0.717, 1.165) is 17.9 Å². The molecule has 3 fully saturated rings. The molecule has 3 aliphatic heterocycles. The van der Waals surface area contributed by atoms with Gasteiger partial charge in [0.15, 0.2) is 29.4 Å². The fourth-order valence-corrected chi connectivity index (χ4v) is 13.6. The van der Waals surface area contributed by atoms with Crippen molar-refractivity contribution in [3.05, 3.63) is 27.9 Å². The lowest BCUT2D eigenvalue weighted by molar-refractivity contribution is -0.152. The minimum absolute atomic E-state index is 0.00253. The number of nitrogens with two attached hydrogens (primary N) is 2. The normalized spacial score (nSPS) is 31.0. The van der Waals surface area contributed by atoms with E-state index in [0.29, 0.717) is 22.8 Å². The monoisotopic (exact) mass is 967 g/mol. The average molecular weight is 968 g/mol. The van der Waals surface area contributed by atoms with Gasteiger partial charge < -0.3 is 35.2 Å². The highest BCUT2D eigenvalue weighted by Gasteiger charge is 2.56. The fourth-order valence-electron chi connectivity index (χ4n) is 6.60. The van der Waals surface area contributed by atoms with Gasteiger partial charge in [0.2, 0.25) is 5.95 Å². The van der Waals surface area contributed by atoms with Gasteiger partial charge in [0.25, 0.3) is 5.56 Å². The first-order valence-electron chi connectivity index (χ1n) is 18.7. The molecule has 3 saturated heterocycles. The lowest BCUT2D eigenvalue weighted by Gasteiger charge is -2.28. The molecule has 7 rings (SSSR count). The van der Waals surface area contributed by atoms with Gasteiger partial charge >= 0.3 is 25.5 Å². The van der Waals surface area contributed by atoms with E-state index in [1.807, 2.05) is 0 Å². The number of hydrogen-bond acceptors (Lipinski definition) is 24. The number of halogens is 1. The summed E-state index contributed by atoms with van der Waals surface area (Å²) in [6, 6.07) is 0. The second kappa shape index (κ2) is 17.9. The summed E-state index contributed by atoms with van der Waals surface area (Å²) in [4.78, 5) is 57.8. The molecule has 0 radical (unpaired) electrons. The number of ether oxygens (including phenoxy) is 5. The molecule has 29 heteroatoms. The van der Waals surface area contributed by atoms with E-state index in [2.05, 4.69) is 29.3 Å². The summed E-state index contributed by atoms with van der Waals surface area (Å²) in [7, 11) is 1.29. The van der Waals surface area contributed by atoms with Crippen molar-refractivity contribution in [1.29, 1.82) is 0 Å². The van der Waals surface area contributed by atoms with Gasteiger partial charge in [-0.2, -0.15) is 4.37 Å². The smallest absolute Gasteiger partial charge is 0.390 e. The molecule has 23 nitrogen and oxygen atoms in total. The Labute approximate surface area is 364 Å². The number of anilines is 2. The molecule has 3 aliphatic rings. The Morgan fingerprint density at radius 1 is 0.919 bits per heavy atom. The SMILES string of the molecule is CO[C@H]1[C@H]2O[P@@](=O)(SCC(=O)OC(C)(C)C)OC[C@H]3O[C@@H](n4cnc5c(N)ncnc54)[C@H](F)[C@@H]3O[P@](=O)(SCC(=O)OC(C)(C)C)OC[C@H]1O[C@H]2c1snc2c(=O)[nH]c(N)nc12. The van der Waals surface area contributed by atoms with Crippen LogP contribution in [0.15, 0.2) is 17.4 Å². The van der Waals surface area contributed by atoms with Gasteiger partial charge in [0.1, 0.15) is 76.7 Å². The predicted octanol–water partition coefficient (Wildman–Crippen LogP) is 4.26. The number of aromatic amines is 1. The minimum atomic E-state index is -4.67. The summed E-state index contributed by atoms with van der Waals surface area (Å²) in [5.41, 5.74) is 9.58. The number of rotatable bonds is 9. The molecule has 2 bridgehead atoms. The number of H-pyrrole nitrogens is 1. The third kappa shape index (κ3) is 10.3. The highest BCUT2D eigenvalue weighted by atomic mass is 32.7. The van der Waals surface area contributed by atoms with Crippen LogP contribution in [0, 0.1) is 0 Å². The van der Waals surface area contributed by atoms with Crippen molar-refractivity contribution in [2.24, 2.45) is 0 Å². The quantitative estimate of drug-likeness (QED) is 0.156. The van der Waals surface area contributed by atoms with Crippen molar-refractivity contribution in [1.82, 2.24) is 33.9 Å². The largest absolute Gasteiger partial charge is 0.459 e. The topological polar surface area (TPSA) is 306 Å². The van der Waals surface area contributed by atoms with Crippen LogP contribution < -0.4 is 17.0 Å². The van der Waals surface area contributed by atoms with Crippen LogP contribution in [0.5, 0.6) is 0 Å². The molecule has 0 amide bonds. The number of nitrogens with one attached hydrogen (secondary N) is 1. The molecule has 62 heavy (non-hydrogen) atoms. The van der Waals surface area contributed by atoms with E-state index in [-0.39, 0.29) is 38.8 Å². The third-order valence-corrected chi connectivity index (χ3v) is 17.0. The van der Waals surface area contributed by atoms with E-state index < -0.39 is 116 Å². The maximum absolute atomic E-state index is 17.0. The fraction of sp³-hybridized carbons (Fsp3) is 0.636. The first-order chi connectivity index (χ1) is 29.1. The molecule has 0 unspecified atom stereocenters. The van der Waals surface area contributed by atoms with Crippen molar-refractivity contribution < 1.29 is 64.9 Å². The van der Waals surface area contributed by atoms with E-state index in [1.54, 1.807) is 41.5 Å². The van der Waals surface area contributed by atoms with Crippen LogP contribution in [0.25, 0.3) is 22.2 Å². The van der Waals surface area contributed by atoms with Crippen LogP contribution in [0.3, 0.4) is 0 Å². The molecule has 0 aromatic carbocycles. The summed E-state index contributed by atoms with van der Waals surface area (Å²) < 4.78 is 106. The summed E-state index contributed by atoms with van der Waals surface area (Å²) in [6.45, 7) is -0.824. The zero-order valence-corrected chi connectivity index (χ0v) is 38.4. The summed E-state index contributed by atoms with van der Waals surface area (Å²) >= 11 is 1.69. The minimum Gasteiger partial charge on any atom is -0.459 e. The second-order valence-electron chi connectivity index (χ2n) is 15.9. The number of carbonyl (C=O) groups is 2. The first-order valence-corrected chi connectivity index (χ1v) is 25.7. The number of nitrogens with zero attached hydrogens (tertiary/aromatic N) is 6. The summed E-state index contributed by atoms with van der Waals surface area (Å²) in [6.07, 6.45) is -9.87. The van der Waals surface area contributed by atoms with Crippen molar-refractivity contribution >= 4 is 93.8 Å². The maximum atomic E-state index is 17.0. The first kappa shape index (κ1) is 46.7. The van der Waals surface area contributed by atoms with Gasteiger partial charge in [-0.3, -0.25) is 42.0 Å². The molecule has 7 heterocycles. The lowest BCUT2D eigenvalue weighted by Crippen LogP contribution is -2.36. The van der Waals surface area contributed by atoms with Gasteiger partial charge in [-0.25, -0.2) is 33.5 Å². The number of aromatic nitrogens is 7. The van der Waals surface area contributed by atoms with Crippen molar-refractivity contribution in [2.45, 2.75) is 102 Å². The van der Waals surface area contributed by atoms with Crippen molar-refractivity contribution in [3.8, 4) is 0 Å². The number of esters is 2. The lowest BCUT2D eigenvalue weighted by atomic mass is 10.1. The molecule has 340 valence electrons. The van der Waals surface area contributed by atoms with Crippen molar-refractivity contribution in [3.63, 3.8) is 0 Å². The molecule has 0 aliphatic carbocycles. The van der Waals surface area contributed by atoms with E-state index in [1.165, 1.54) is 18.0 Å². The third-order valence-electron chi connectivity index (χ3n) is 8.97. The van der Waals surface area contributed by atoms with Crippen LogP contribution in [0.2, 0.25) is 0 Å². The number of carbonyl (C=O) groups excluding carboxylic acids is 2. The number of imidazole rings is 1. The van der Waals surface area contributed by atoms with E-state index in [4.69, 9.17) is 53.2 Å². The van der Waals surface area contributed by atoms with Gasteiger partial charge in [-0.1, -0.05) is 0 Å². The van der Waals surface area contributed by atoms with E-state index >= 15 is 8.96 Å². The molecular weight excluding hydrogens is 924 g/mol. The van der Waals surface area contributed by atoms with Crippen LogP contribution in [0.4, 0.5) is 16.2 Å². The highest BCUT2D eigenvalue weighted by Crippen LogP contribution is 2.66. The zero-order valence-electron chi connectivity index (χ0n) is 34.2. The van der Waals surface area contributed by atoms with Gasteiger partial charge in [0, 0.05) is 7.11 Å². The molecule has 0 saturated carbocycles. The van der Waals surface area contributed by atoms with Crippen LogP contribution in [-0.2, 0) is 60.5 Å². The summed E-state index contributed by atoms with van der Waals surface area (Å²) in [5.74, 6) is -2.90. The van der Waals surface area contributed by atoms with Crippen LogP contribution >= 0.6 is 47.9 Å².